The zero-order valence-corrected chi connectivity index (χ0v) is 7.97. The van der Waals surface area contributed by atoms with E-state index in [0.29, 0.717) is 0 Å². The van der Waals surface area contributed by atoms with Crippen LogP contribution in [-0.4, -0.2) is 22.0 Å². The predicted molar refractivity (Wildman–Crippen MR) is 45.1 cm³/mol. The molecule has 2 unspecified atom stereocenters. The zero-order valence-electron chi connectivity index (χ0n) is 7.97. The number of nitriles is 1. The second-order valence-corrected chi connectivity index (χ2v) is 4.73. The van der Waals surface area contributed by atoms with Crippen molar-refractivity contribution in [2.75, 3.05) is 0 Å². The maximum absolute atomic E-state index is 8.78. The van der Waals surface area contributed by atoms with Crippen LogP contribution in [0.2, 0.25) is 0 Å². The Morgan fingerprint density at radius 3 is 1.91 bits per heavy atom. The fourth-order valence-electron chi connectivity index (χ4n) is 1.95. The molecule has 0 spiro atoms. The van der Waals surface area contributed by atoms with Gasteiger partial charge in [-0.25, -0.2) is 0 Å². The number of nitrogens with zero attached hydrogens (tertiary/aromatic N) is 2. The van der Waals surface area contributed by atoms with E-state index < -0.39 is 0 Å². The molecule has 2 heteroatoms. The second kappa shape index (κ2) is 1.98. The van der Waals surface area contributed by atoms with E-state index >= 15 is 0 Å². The molecule has 1 saturated heterocycles. The molecule has 0 aromatic carbocycles. The van der Waals surface area contributed by atoms with Crippen LogP contribution < -0.4 is 0 Å². The van der Waals surface area contributed by atoms with Crippen molar-refractivity contribution >= 4 is 0 Å². The van der Waals surface area contributed by atoms with Crippen LogP contribution in [0.3, 0.4) is 0 Å². The lowest BCUT2D eigenvalue weighted by atomic mass is 10.1. The molecule has 0 aromatic rings. The van der Waals surface area contributed by atoms with Gasteiger partial charge in [-0.3, -0.25) is 4.90 Å². The molecule has 0 N–H and O–H groups in total. The van der Waals surface area contributed by atoms with Crippen molar-refractivity contribution in [2.24, 2.45) is 0 Å². The molecule has 2 nitrogen and oxygen atoms in total. The van der Waals surface area contributed by atoms with Crippen LogP contribution in [0.5, 0.6) is 0 Å². The summed E-state index contributed by atoms with van der Waals surface area (Å²) in [5, 5.41) is 8.78. The van der Waals surface area contributed by atoms with Crippen molar-refractivity contribution in [3.8, 4) is 6.07 Å². The van der Waals surface area contributed by atoms with Crippen LogP contribution in [0.15, 0.2) is 0 Å². The van der Waals surface area contributed by atoms with Gasteiger partial charge in [-0.2, -0.15) is 5.26 Å². The second-order valence-electron chi connectivity index (χ2n) is 4.73. The molecule has 0 aromatic heterocycles. The van der Waals surface area contributed by atoms with Gasteiger partial charge in [0.1, 0.15) is 6.04 Å². The van der Waals surface area contributed by atoms with Crippen LogP contribution in [0, 0.1) is 11.3 Å². The molecule has 11 heavy (non-hydrogen) atoms. The molecular weight excluding hydrogens is 136 g/mol. The van der Waals surface area contributed by atoms with Gasteiger partial charge in [-0.15, -0.1) is 0 Å². The van der Waals surface area contributed by atoms with Crippen molar-refractivity contribution in [1.29, 1.82) is 5.26 Å². The third-order valence-corrected chi connectivity index (χ3v) is 2.33. The van der Waals surface area contributed by atoms with Gasteiger partial charge >= 0.3 is 0 Å². The summed E-state index contributed by atoms with van der Waals surface area (Å²) < 4.78 is 0. The summed E-state index contributed by atoms with van der Waals surface area (Å²) in [6.07, 6.45) is 0. The minimum atomic E-state index is 0.0903. The van der Waals surface area contributed by atoms with Crippen molar-refractivity contribution in [3.05, 3.63) is 0 Å². The molecule has 1 aliphatic heterocycles. The first-order valence-electron chi connectivity index (χ1n) is 4.01. The fourth-order valence-corrected chi connectivity index (χ4v) is 1.95. The summed E-state index contributed by atoms with van der Waals surface area (Å²) in [5.41, 5.74) is 0.219. The van der Waals surface area contributed by atoms with Crippen LogP contribution in [0.25, 0.3) is 0 Å². The summed E-state index contributed by atoms with van der Waals surface area (Å²) in [7, 11) is 0. The Balaban J connectivity index is 2.77. The SMILES string of the molecule is CC(C)(C)N1C(C#N)C1(C)C. The van der Waals surface area contributed by atoms with Gasteiger partial charge in [-0.05, 0) is 34.6 Å². The molecule has 0 bridgehead atoms. The molecule has 1 fully saturated rings. The number of hydrogen-bond donors (Lipinski definition) is 0. The maximum Gasteiger partial charge on any atom is 0.117 e. The minimum absolute atomic E-state index is 0.0903. The average molecular weight is 152 g/mol. The predicted octanol–water partition coefficient (Wildman–Crippen LogP) is 1.77. The molecule has 2 atom stereocenters. The van der Waals surface area contributed by atoms with Gasteiger partial charge in [0.2, 0.25) is 0 Å². The highest BCUT2D eigenvalue weighted by Crippen LogP contribution is 2.45. The average Bonchev–Trinajstić information content (AvgIpc) is 2.31. The van der Waals surface area contributed by atoms with Gasteiger partial charge in [0.25, 0.3) is 0 Å². The van der Waals surface area contributed by atoms with Crippen LogP contribution >= 0.6 is 0 Å². The largest absolute Gasteiger partial charge is 0.274 e. The highest BCUT2D eigenvalue weighted by Gasteiger charge is 2.60. The molecule has 0 saturated carbocycles. The van der Waals surface area contributed by atoms with E-state index in [0.717, 1.165) is 0 Å². The first kappa shape index (κ1) is 8.55. The van der Waals surface area contributed by atoms with Crippen LogP contribution in [0.1, 0.15) is 34.6 Å². The summed E-state index contributed by atoms with van der Waals surface area (Å²) >= 11 is 0. The summed E-state index contributed by atoms with van der Waals surface area (Å²) in [6.45, 7) is 10.7. The Labute approximate surface area is 68.8 Å². The van der Waals surface area contributed by atoms with E-state index in [9.17, 15) is 0 Å². The smallest absolute Gasteiger partial charge is 0.117 e. The van der Waals surface area contributed by atoms with Crippen molar-refractivity contribution in [2.45, 2.75) is 51.7 Å². The summed E-state index contributed by atoms with van der Waals surface area (Å²) in [6, 6.07) is 2.43. The van der Waals surface area contributed by atoms with Crippen molar-refractivity contribution in [3.63, 3.8) is 0 Å². The summed E-state index contributed by atoms with van der Waals surface area (Å²) in [5.74, 6) is 0. The van der Waals surface area contributed by atoms with Crippen molar-refractivity contribution < 1.29 is 0 Å². The van der Waals surface area contributed by atoms with Gasteiger partial charge in [-0.1, -0.05) is 0 Å². The molecular formula is C9H16N2. The van der Waals surface area contributed by atoms with E-state index in [1.165, 1.54) is 0 Å². The minimum Gasteiger partial charge on any atom is -0.274 e. The zero-order chi connectivity index (χ0) is 8.86. The topological polar surface area (TPSA) is 26.8 Å². The van der Waals surface area contributed by atoms with E-state index in [1.807, 2.05) is 0 Å². The first-order valence-corrected chi connectivity index (χ1v) is 4.01. The third kappa shape index (κ3) is 1.14. The fraction of sp³-hybridized carbons (Fsp3) is 0.889. The molecule has 1 rings (SSSR count). The molecule has 0 aliphatic carbocycles. The first-order chi connectivity index (χ1) is 4.81. The highest BCUT2D eigenvalue weighted by molar-refractivity contribution is 5.24. The van der Waals surface area contributed by atoms with E-state index in [2.05, 4.69) is 45.6 Å². The Hall–Kier alpha value is -0.550. The van der Waals surface area contributed by atoms with Gasteiger partial charge in [0, 0.05) is 11.1 Å². The van der Waals surface area contributed by atoms with E-state index in [-0.39, 0.29) is 17.1 Å². The lowest BCUT2D eigenvalue weighted by Gasteiger charge is -2.23. The van der Waals surface area contributed by atoms with Gasteiger partial charge < -0.3 is 0 Å². The standard InChI is InChI=1S/C9H16N2/c1-8(2,3)11-7(6-10)9(11,4)5/h7H,1-5H3. The number of hydrogen-bond acceptors (Lipinski definition) is 2. The lowest BCUT2D eigenvalue weighted by molar-refractivity contribution is 0.252. The summed E-state index contributed by atoms with van der Waals surface area (Å²) in [4.78, 5) is 2.24. The lowest BCUT2D eigenvalue weighted by Crippen LogP contribution is -2.30. The normalized spacial score (nSPS) is 34.5. The van der Waals surface area contributed by atoms with E-state index in [1.54, 1.807) is 0 Å². The Morgan fingerprint density at radius 2 is 1.82 bits per heavy atom. The third-order valence-electron chi connectivity index (χ3n) is 2.33. The number of rotatable bonds is 0. The molecule has 62 valence electrons. The maximum atomic E-state index is 8.78. The molecule has 1 aliphatic rings. The Bertz CT molecular complexity index is 205. The quantitative estimate of drug-likeness (QED) is 0.495. The Kier molecular flexibility index (Phi) is 1.54. The monoisotopic (exact) mass is 152 g/mol. The van der Waals surface area contributed by atoms with Gasteiger partial charge in [0.15, 0.2) is 0 Å². The van der Waals surface area contributed by atoms with Crippen LogP contribution in [0.4, 0.5) is 0 Å². The molecule has 0 amide bonds. The van der Waals surface area contributed by atoms with Crippen LogP contribution in [-0.2, 0) is 0 Å². The van der Waals surface area contributed by atoms with E-state index in [4.69, 9.17) is 5.26 Å². The Morgan fingerprint density at radius 1 is 1.36 bits per heavy atom. The highest BCUT2D eigenvalue weighted by atomic mass is 15.4. The van der Waals surface area contributed by atoms with Crippen molar-refractivity contribution in [1.82, 2.24) is 4.90 Å². The van der Waals surface area contributed by atoms with Gasteiger partial charge in [0.05, 0.1) is 6.07 Å². The molecule has 0 radical (unpaired) electrons. The molecule has 1 heterocycles.